The Bertz CT molecular complexity index is 367. The minimum Gasteiger partial charge on any atom is -0.342 e. The number of hydrogen-bond acceptors (Lipinski definition) is 2. The second-order valence-electron chi connectivity index (χ2n) is 6.50. The van der Waals surface area contributed by atoms with Gasteiger partial charge in [-0.25, -0.2) is 0 Å². The van der Waals surface area contributed by atoms with Gasteiger partial charge in [-0.1, -0.05) is 34.1 Å². The predicted octanol–water partition coefficient (Wildman–Crippen LogP) is 1.79. The summed E-state index contributed by atoms with van der Waals surface area (Å²) in [7, 11) is 0. The minimum atomic E-state index is -0.304. The summed E-state index contributed by atoms with van der Waals surface area (Å²) in [4.78, 5) is 26.7. The average molecular weight is 266 g/mol. The number of carbonyl (C=O) groups is 2. The van der Waals surface area contributed by atoms with Crippen LogP contribution in [0.15, 0.2) is 0 Å². The van der Waals surface area contributed by atoms with Crippen molar-refractivity contribution >= 4 is 11.8 Å². The quantitative estimate of drug-likeness (QED) is 0.825. The molecule has 0 spiro atoms. The Morgan fingerprint density at radius 1 is 1.37 bits per heavy atom. The third-order valence-corrected chi connectivity index (χ3v) is 4.42. The van der Waals surface area contributed by atoms with Crippen molar-refractivity contribution in [3.63, 3.8) is 0 Å². The fraction of sp³-hybridized carbons (Fsp3) is 0.867. The zero-order chi connectivity index (χ0) is 14.2. The van der Waals surface area contributed by atoms with E-state index in [9.17, 15) is 9.59 Å². The summed E-state index contributed by atoms with van der Waals surface area (Å²) in [6.45, 7) is 9.05. The van der Waals surface area contributed by atoms with Gasteiger partial charge in [-0.2, -0.15) is 0 Å². The number of carbonyl (C=O) groups excluding carboxylic acids is 2. The van der Waals surface area contributed by atoms with E-state index in [1.165, 1.54) is 6.42 Å². The molecule has 0 bridgehead atoms. The maximum absolute atomic E-state index is 12.6. The van der Waals surface area contributed by atoms with Crippen LogP contribution in [0.5, 0.6) is 0 Å². The van der Waals surface area contributed by atoms with Crippen molar-refractivity contribution in [1.29, 1.82) is 0 Å². The maximum Gasteiger partial charge on any atom is 0.245 e. The Labute approximate surface area is 115 Å². The normalized spacial score (nSPS) is 34.7. The number of nitrogens with one attached hydrogen (secondary N) is 1. The molecule has 0 aromatic heterocycles. The molecule has 1 saturated carbocycles. The van der Waals surface area contributed by atoms with Crippen LogP contribution >= 0.6 is 0 Å². The largest absolute Gasteiger partial charge is 0.342 e. The zero-order valence-electron chi connectivity index (χ0n) is 12.5. The van der Waals surface area contributed by atoms with E-state index in [0.29, 0.717) is 11.8 Å². The molecule has 108 valence electrons. The fourth-order valence-corrected chi connectivity index (χ4v) is 3.05. The van der Waals surface area contributed by atoms with Crippen LogP contribution in [0.25, 0.3) is 0 Å². The molecule has 0 aromatic rings. The first-order valence-corrected chi connectivity index (χ1v) is 7.56. The number of hydrogen-bond donors (Lipinski definition) is 1. The van der Waals surface area contributed by atoms with Crippen LogP contribution in [0.1, 0.15) is 47.0 Å². The van der Waals surface area contributed by atoms with Gasteiger partial charge in [0, 0.05) is 6.54 Å². The first kappa shape index (κ1) is 14.4. The number of rotatable bonds is 5. The molecule has 2 rings (SSSR count). The molecule has 1 aliphatic carbocycles. The summed E-state index contributed by atoms with van der Waals surface area (Å²) < 4.78 is 0. The Balaban J connectivity index is 2.14. The van der Waals surface area contributed by atoms with E-state index in [-0.39, 0.29) is 29.8 Å². The van der Waals surface area contributed by atoms with E-state index in [1.54, 1.807) is 0 Å². The Kier molecular flexibility index (Phi) is 4.16. The Morgan fingerprint density at radius 2 is 2.00 bits per heavy atom. The standard InChI is InChI=1S/C15H26N2O2/c1-5-6-12-15(19)17(8-11-7-10(11)4)13(9(2)3)14(18)16-12/h9-13H,5-8H2,1-4H3,(H,16,18). The van der Waals surface area contributed by atoms with Crippen molar-refractivity contribution in [3.05, 3.63) is 0 Å². The van der Waals surface area contributed by atoms with E-state index < -0.39 is 0 Å². The first-order chi connectivity index (χ1) is 8.95. The van der Waals surface area contributed by atoms with Crippen molar-refractivity contribution in [2.75, 3.05) is 6.54 Å². The molecule has 1 aliphatic heterocycles. The molecule has 19 heavy (non-hydrogen) atoms. The summed E-state index contributed by atoms with van der Waals surface area (Å²) in [5.74, 6) is 1.62. The summed E-state index contributed by atoms with van der Waals surface area (Å²) in [6, 6.07) is -0.588. The summed E-state index contributed by atoms with van der Waals surface area (Å²) in [5.41, 5.74) is 0. The lowest BCUT2D eigenvalue weighted by atomic mass is 9.95. The number of amides is 2. The van der Waals surface area contributed by atoms with Crippen molar-refractivity contribution in [1.82, 2.24) is 10.2 Å². The number of piperazine rings is 1. The van der Waals surface area contributed by atoms with Crippen LogP contribution in [0, 0.1) is 17.8 Å². The third-order valence-electron chi connectivity index (χ3n) is 4.42. The average Bonchev–Trinajstić information content (AvgIpc) is 3.01. The maximum atomic E-state index is 12.6. The molecule has 4 heteroatoms. The molecule has 4 atom stereocenters. The monoisotopic (exact) mass is 266 g/mol. The molecule has 1 N–H and O–H groups in total. The Morgan fingerprint density at radius 3 is 2.47 bits per heavy atom. The van der Waals surface area contributed by atoms with Gasteiger partial charge >= 0.3 is 0 Å². The van der Waals surface area contributed by atoms with Crippen molar-refractivity contribution in [3.8, 4) is 0 Å². The second kappa shape index (κ2) is 5.51. The zero-order valence-corrected chi connectivity index (χ0v) is 12.5. The third kappa shape index (κ3) is 2.93. The summed E-state index contributed by atoms with van der Waals surface area (Å²) in [5, 5.41) is 2.90. The van der Waals surface area contributed by atoms with Gasteiger partial charge in [0.2, 0.25) is 11.8 Å². The van der Waals surface area contributed by atoms with Gasteiger partial charge in [0.05, 0.1) is 0 Å². The highest BCUT2D eigenvalue weighted by Crippen LogP contribution is 2.39. The van der Waals surface area contributed by atoms with E-state index in [0.717, 1.165) is 19.4 Å². The molecule has 2 amide bonds. The molecule has 2 fully saturated rings. The fourth-order valence-electron chi connectivity index (χ4n) is 3.05. The first-order valence-electron chi connectivity index (χ1n) is 7.56. The molecule has 4 nitrogen and oxygen atoms in total. The van der Waals surface area contributed by atoms with Gasteiger partial charge in [0.1, 0.15) is 12.1 Å². The van der Waals surface area contributed by atoms with Gasteiger partial charge < -0.3 is 10.2 Å². The smallest absolute Gasteiger partial charge is 0.245 e. The van der Waals surface area contributed by atoms with Gasteiger partial charge in [0.25, 0.3) is 0 Å². The summed E-state index contributed by atoms with van der Waals surface area (Å²) in [6.07, 6.45) is 2.84. The highest BCUT2D eigenvalue weighted by Gasteiger charge is 2.45. The Hall–Kier alpha value is -1.06. The van der Waals surface area contributed by atoms with Crippen molar-refractivity contribution in [2.24, 2.45) is 17.8 Å². The van der Waals surface area contributed by atoms with Crippen LogP contribution in [0.2, 0.25) is 0 Å². The minimum absolute atomic E-state index is 0.0290. The van der Waals surface area contributed by atoms with E-state index >= 15 is 0 Å². The lowest BCUT2D eigenvalue weighted by molar-refractivity contribution is -0.151. The van der Waals surface area contributed by atoms with Crippen LogP contribution in [0.4, 0.5) is 0 Å². The van der Waals surface area contributed by atoms with E-state index in [2.05, 4.69) is 12.2 Å². The van der Waals surface area contributed by atoms with Crippen molar-refractivity contribution in [2.45, 2.75) is 59.0 Å². The van der Waals surface area contributed by atoms with Crippen LogP contribution in [-0.2, 0) is 9.59 Å². The summed E-state index contributed by atoms with van der Waals surface area (Å²) >= 11 is 0. The molecule has 2 aliphatic rings. The number of nitrogens with zero attached hydrogens (tertiary/aromatic N) is 1. The molecule has 0 radical (unpaired) electrons. The van der Waals surface area contributed by atoms with E-state index in [4.69, 9.17) is 0 Å². The lowest BCUT2D eigenvalue weighted by Crippen LogP contribution is -2.65. The van der Waals surface area contributed by atoms with Gasteiger partial charge in [-0.3, -0.25) is 9.59 Å². The molecular weight excluding hydrogens is 240 g/mol. The molecule has 0 aromatic carbocycles. The molecule has 1 saturated heterocycles. The highest BCUT2D eigenvalue weighted by atomic mass is 16.2. The topological polar surface area (TPSA) is 49.4 Å². The second-order valence-corrected chi connectivity index (χ2v) is 6.50. The van der Waals surface area contributed by atoms with E-state index in [1.807, 2.05) is 25.7 Å². The van der Waals surface area contributed by atoms with Crippen LogP contribution < -0.4 is 5.32 Å². The molecular formula is C15H26N2O2. The SMILES string of the molecule is CCCC1NC(=O)C(C(C)C)N(CC2CC2C)C1=O. The van der Waals surface area contributed by atoms with Crippen LogP contribution in [0.3, 0.4) is 0 Å². The highest BCUT2D eigenvalue weighted by molar-refractivity contribution is 5.97. The molecule has 4 unspecified atom stereocenters. The van der Waals surface area contributed by atoms with Gasteiger partial charge in [-0.15, -0.1) is 0 Å². The predicted molar refractivity (Wildman–Crippen MR) is 74.4 cm³/mol. The van der Waals surface area contributed by atoms with Gasteiger partial charge in [0.15, 0.2) is 0 Å². The van der Waals surface area contributed by atoms with Crippen LogP contribution in [-0.4, -0.2) is 35.3 Å². The van der Waals surface area contributed by atoms with Gasteiger partial charge in [-0.05, 0) is 30.6 Å². The molecule has 1 heterocycles. The van der Waals surface area contributed by atoms with Crippen molar-refractivity contribution < 1.29 is 9.59 Å². The lowest BCUT2D eigenvalue weighted by Gasteiger charge is -2.41.